The first-order valence-corrected chi connectivity index (χ1v) is 2.36. The molecule has 0 unspecified atom stereocenters. The Hall–Kier alpha value is -0.190. The Kier molecular flexibility index (Phi) is 3.87. The van der Waals surface area contributed by atoms with Crippen molar-refractivity contribution < 1.29 is 0 Å². The summed E-state index contributed by atoms with van der Waals surface area (Å²) >= 11 is 4.45. The Morgan fingerprint density at radius 1 is 1.57 bits per heavy atom. The van der Waals surface area contributed by atoms with Crippen LogP contribution in [-0.2, 0) is 0 Å². The summed E-state index contributed by atoms with van der Waals surface area (Å²) in [6.07, 6.45) is 0. The molecule has 0 fully saturated rings. The Labute approximate surface area is 48.6 Å². The molecule has 4 heteroatoms. The molecule has 0 rings (SSSR count). The van der Waals surface area contributed by atoms with Crippen molar-refractivity contribution >= 4 is 17.7 Å². The molecule has 0 aromatic rings. The van der Waals surface area contributed by atoms with Crippen molar-refractivity contribution in [2.75, 3.05) is 14.1 Å². The van der Waals surface area contributed by atoms with Gasteiger partial charge in [-0.15, -0.1) is 0 Å². The van der Waals surface area contributed by atoms with E-state index in [1.165, 1.54) is 5.49 Å². The molecule has 0 aromatic carbocycles. The van der Waals surface area contributed by atoms with Crippen molar-refractivity contribution in [2.45, 2.75) is 0 Å². The predicted octanol–water partition coefficient (Wildman–Crippen LogP) is -0.486. The van der Waals surface area contributed by atoms with Gasteiger partial charge in [-0.25, -0.2) is 5.01 Å². The van der Waals surface area contributed by atoms with Crippen LogP contribution in [0.3, 0.4) is 0 Å². The maximum atomic E-state index is 4.45. The van der Waals surface area contributed by atoms with E-state index in [0.717, 1.165) is 0 Å². The second kappa shape index (κ2) is 3.98. The van der Waals surface area contributed by atoms with E-state index in [-0.39, 0.29) is 0 Å². The van der Waals surface area contributed by atoms with Crippen LogP contribution in [0.5, 0.6) is 0 Å². The largest absolute Gasteiger partial charge is 0.305 e. The highest BCUT2D eigenvalue weighted by molar-refractivity contribution is 7.78. The highest BCUT2D eigenvalue weighted by atomic mass is 32.1. The van der Waals surface area contributed by atoms with E-state index >= 15 is 0 Å². The summed E-state index contributed by atoms with van der Waals surface area (Å²) in [6, 6.07) is 0. The van der Waals surface area contributed by atoms with Gasteiger partial charge in [0.2, 0.25) is 0 Å². The highest BCUT2D eigenvalue weighted by Gasteiger charge is 1.76. The summed E-state index contributed by atoms with van der Waals surface area (Å²) in [4.78, 5) is 0. The lowest BCUT2D eigenvalue weighted by atomic mass is 11.2. The van der Waals surface area contributed by atoms with Crippen LogP contribution in [0.2, 0.25) is 0 Å². The number of hydrazine groups is 2. The van der Waals surface area contributed by atoms with Gasteiger partial charge >= 0.3 is 0 Å². The molecule has 0 atom stereocenters. The van der Waals surface area contributed by atoms with Gasteiger partial charge in [-0.05, 0) is 0 Å². The fourth-order valence-corrected chi connectivity index (χ4v) is 0.208. The van der Waals surface area contributed by atoms with Crippen LogP contribution in [0.25, 0.3) is 0 Å². The van der Waals surface area contributed by atoms with E-state index in [1.807, 2.05) is 14.1 Å². The standard InChI is InChI=1S/C3H9N3S/c1-6(2)5-4-3-7/h3,5H,1-2H3,(H,4,7). The number of thiocarbonyl (C=S) groups is 1. The molecule has 0 spiro atoms. The summed E-state index contributed by atoms with van der Waals surface area (Å²) < 4.78 is 0. The summed E-state index contributed by atoms with van der Waals surface area (Å²) in [5.41, 5.74) is 6.73. The third-order valence-corrected chi connectivity index (χ3v) is 0.465. The van der Waals surface area contributed by atoms with Crippen LogP contribution in [0, 0.1) is 0 Å². The molecule has 0 amide bonds. The van der Waals surface area contributed by atoms with E-state index in [1.54, 1.807) is 5.01 Å². The fourth-order valence-electron chi connectivity index (χ4n) is 0.155. The third kappa shape index (κ3) is 5.81. The quantitative estimate of drug-likeness (QED) is 0.387. The zero-order chi connectivity index (χ0) is 5.70. The monoisotopic (exact) mass is 119 g/mol. The van der Waals surface area contributed by atoms with Crippen molar-refractivity contribution in [2.24, 2.45) is 0 Å². The molecule has 0 saturated carbocycles. The number of hydrogen-bond acceptors (Lipinski definition) is 3. The van der Waals surface area contributed by atoms with Crippen molar-refractivity contribution in [1.29, 1.82) is 0 Å². The van der Waals surface area contributed by atoms with Crippen LogP contribution in [0.15, 0.2) is 0 Å². The Morgan fingerprint density at radius 2 is 2.14 bits per heavy atom. The van der Waals surface area contributed by atoms with Gasteiger partial charge in [-0.1, -0.05) is 12.2 Å². The van der Waals surface area contributed by atoms with Crippen LogP contribution < -0.4 is 11.0 Å². The van der Waals surface area contributed by atoms with E-state index in [9.17, 15) is 0 Å². The van der Waals surface area contributed by atoms with Gasteiger partial charge in [0.05, 0.1) is 5.49 Å². The molecule has 0 bridgehead atoms. The van der Waals surface area contributed by atoms with Crippen molar-refractivity contribution in [1.82, 2.24) is 16.0 Å². The minimum absolute atomic E-state index is 1.40. The number of nitrogens with zero attached hydrogens (tertiary/aromatic N) is 1. The highest BCUT2D eigenvalue weighted by Crippen LogP contribution is 1.52. The molecular weight excluding hydrogens is 110 g/mol. The molecule has 0 aliphatic carbocycles. The lowest BCUT2D eigenvalue weighted by molar-refractivity contribution is 0.271. The van der Waals surface area contributed by atoms with Crippen molar-refractivity contribution in [3.63, 3.8) is 0 Å². The van der Waals surface area contributed by atoms with Gasteiger partial charge in [0.25, 0.3) is 0 Å². The van der Waals surface area contributed by atoms with Gasteiger partial charge in [0, 0.05) is 14.1 Å². The Balaban J connectivity index is 2.81. The Bertz CT molecular complexity index is 54.1. The Morgan fingerprint density at radius 3 is 2.29 bits per heavy atom. The van der Waals surface area contributed by atoms with Gasteiger partial charge in [-0.2, -0.15) is 5.53 Å². The van der Waals surface area contributed by atoms with Crippen molar-refractivity contribution in [3.05, 3.63) is 0 Å². The van der Waals surface area contributed by atoms with Gasteiger partial charge in [-0.3, -0.25) is 0 Å². The first kappa shape index (κ1) is 6.81. The zero-order valence-corrected chi connectivity index (χ0v) is 5.25. The van der Waals surface area contributed by atoms with E-state index < -0.39 is 0 Å². The summed E-state index contributed by atoms with van der Waals surface area (Å²) in [7, 11) is 3.73. The predicted molar refractivity (Wildman–Crippen MR) is 33.6 cm³/mol. The van der Waals surface area contributed by atoms with Gasteiger partial charge in [0.1, 0.15) is 0 Å². The molecule has 42 valence electrons. The molecular formula is C3H9N3S. The smallest absolute Gasteiger partial charge is 0.0769 e. The van der Waals surface area contributed by atoms with Crippen LogP contribution >= 0.6 is 12.2 Å². The van der Waals surface area contributed by atoms with Crippen LogP contribution in [0.4, 0.5) is 0 Å². The molecule has 0 aromatic heterocycles. The second-order valence-corrected chi connectivity index (χ2v) is 1.50. The first-order valence-electron chi connectivity index (χ1n) is 1.89. The molecule has 7 heavy (non-hydrogen) atoms. The molecule has 0 saturated heterocycles. The van der Waals surface area contributed by atoms with Crippen LogP contribution in [-0.4, -0.2) is 24.6 Å². The number of nitrogens with one attached hydrogen (secondary N) is 2. The molecule has 3 nitrogen and oxygen atoms in total. The number of hydrogen-bond donors (Lipinski definition) is 2. The third-order valence-electron chi connectivity index (χ3n) is 0.347. The van der Waals surface area contributed by atoms with E-state index in [0.29, 0.717) is 0 Å². The minimum Gasteiger partial charge on any atom is -0.305 e. The molecule has 0 aliphatic rings. The lowest BCUT2D eigenvalue weighted by Gasteiger charge is -2.08. The molecule has 0 aliphatic heterocycles. The van der Waals surface area contributed by atoms with E-state index in [2.05, 4.69) is 23.2 Å². The topological polar surface area (TPSA) is 27.3 Å². The molecule has 0 radical (unpaired) electrons. The summed E-state index contributed by atoms with van der Waals surface area (Å²) in [6.45, 7) is 0. The zero-order valence-electron chi connectivity index (χ0n) is 4.43. The maximum absolute atomic E-state index is 4.45. The molecule has 0 heterocycles. The summed E-state index contributed by atoms with van der Waals surface area (Å²) in [5, 5.41) is 1.75. The average molecular weight is 119 g/mol. The minimum atomic E-state index is 1.40. The van der Waals surface area contributed by atoms with E-state index in [4.69, 9.17) is 0 Å². The van der Waals surface area contributed by atoms with Gasteiger partial charge < -0.3 is 5.43 Å². The summed E-state index contributed by atoms with van der Waals surface area (Å²) in [5.74, 6) is 0. The van der Waals surface area contributed by atoms with Crippen molar-refractivity contribution in [3.8, 4) is 0 Å². The average Bonchev–Trinajstić information content (AvgIpc) is 1.61. The lowest BCUT2D eigenvalue weighted by Crippen LogP contribution is -2.40. The second-order valence-electron chi connectivity index (χ2n) is 1.27. The SMILES string of the molecule is CN(C)NNC=S. The van der Waals surface area contributed by atoms with Crippen LogP contribution in [0.1, 0.15) is 0 Å². The number of rotatable bonds is 3. The fraction of sp³-hybridized carbons (Fsp3) is 0.667. The van der Waals surface area contributed by atoms with Gasteiger partial charge in [0.15, 0.2) is 0 Å². The maximum Gasteiger partial charge on any atom is 0.0769 e. The molecule has 2 N–H and O–H groups in total. The normalized spacial score (nSPS) is 9.00. The first-order chi connectivity index (χ1) is 3.27.